The summed E-state index contributed by atoms with van der Waals surface area (Å²) in [5, 5.41) is 19.4. The first-order valence-electron chi connectivity index (χ1n) is 6.77. The van der Waals surface area contributed by atoms with Crippen molar-refractivity contribution in [3.63, 3.8) is 0 Å². The first-order chi connectivity index (χ1) is 10.2. The Labute approximate surface area is 127 Å². The second-order valence-electron chi connectivity index (χ2n) is 6.00. The summed E-state index contributed by atoms with van der Waals surface area (Å²) in [4.78, 5) is 17.2. The van der Waals surface area contributed by atoms with Gasteiger partial charge < -0.3 is 9.84 Å². The molecule has 118 valence electrons. The van der Waals surface area contributed by atoms with Crippen LogP contribution in [0.1, 0.15) is 44.4 Å². The molecule has 1 aromatic rings. The van der Waals surface area contributed by atoms with Crippen LogP contribution in [0.25, 0.3) is 0 Å². The predicted molar refractivity (Wildman–Crippen MR) is 73.6 cm³/mol. The molecule has 0 bridgehead atoms. The molecule has 0 aliphatic carbocycles. The molecule has 0 radical (unpaired) electrons. The average Bonchev–Trinajstić information content (AvgIpc) is 2.78. The largest absolute Gasteiger partial charge is 0.442 e. The van der Waals surface area contributed by atoms with Crippen molar-refractivity contribution in [3.8, 4) is 6.07 Å². The van der Waals surface area contributed by atoms with Crippen LogP contribution in [-0.2, 0) is 9.57 Å². The topological polar surface area (TPSA) is 82.8 Å². The van der Waals surface area contributed by atoms with Crippen LogP contribution in [0.3, 0.4) is 0 Å². The lowest BCUT2D eigenvalue weighted by Gasteiger charge is -2.27. The maximum absolute atomic E-state index is 13.6. The summed E-state index contributed by atoms with van der Waals surface area (Å²) in [6.45, 7) is 5.09. The fourth-order valence-electron chi connectivity index (χ4n) is 2.15. The van der Waals surface area contributed by atoms with E-state index in [1.54, 1.807) is 20.8 Å². The highest BCUT2D eigenvalue weighted by Crippen LogP contribution is 2.35. The van der Waals surface area contributed by atoms with Crippen molar-refractivity contribution in [2.45, 2.75) is 45.1 Å². The standard InChI is InChI=1S/C15H17FN2O4/c1-15(2,3)21-14(20)18-12(7-13(19)22-18)10-4-9(8-17)5-11(16)6-10/h4-6,12-13,19H,7H2,1-3H3/t12-,13?/m0/s1. The van der Waals surface area contributed by atoms with Gasteiger partial charge in [0.2, 0.25) is 0 Å². The average molecular weight is 308 g/mol. The highest BCUT2D eigenvalue weighted by Gasteiger charge is 2.39. The van der Waals surface area contributed by atoms with Gasteiger partial charge in [0.15, 0.2) is 6.29 Å². The van der Waals surface area contributed by atoms with Crippen molar-refractivity contribution in [1.29, 1.82) is 5.26 Å². The summed E-state index contributed by atoms with van der Waals surface area (Å²) in [5.74, 6) is -0.598. The van der Waals surface area contributed by atoms with E-state index in [1.807, 2.05) is 6.07 Å². The van der Waals surface area contributed by atoms with Crippen LogP contribution in [0.2, 0.25) is 0 Å². The van der Waals surface area contributed by atoms with Gasteiger partial charge in [0.25, 0.3) is 0 Å². The highest BCUT2D eigenvalue weighted by molar-refractivity contribution is 5.68. The number of amides is 1. The Morgan fingerprint density at radius 3 is 2.77 bits per heavy atom. The van der Waals surface area contributed by atoms with E-state index >= 15 is 0 Å². The van der Waals surface area contributed by atoms with Gasteiger partial charge in [-0.05, 0) is 44.5 Å². The SMILES string of the molecule is CC(C)(C)OC(=O)N1OC(O)C[C@H]1c1cc(F)cc(C#N)c1. The molecular formula is C15H17FN2O4. The molecule has 1 fully saturated rings. The summed E-state index contributed by atoms with van der Waals surface area (Å²) in [5.41, 5.74) is -0.252. The van der Waals surface area contributed by atoms with Crippen LogP contribution < -0.4 is 0 Å². The van der Waals surface area contributed by atoms with Crippen molar-refractivity contribution in [2.75, 3.05) is 0 Å². The third-order valence-corrected chi connectivity index (χ3v) is 2.95. The molecule has 1 aromatic carbocycles. The Morgan fingerprint density at radius 2 is 2.18 bits per heavy atom. The first kappa shape index (κ1) is 16.2. The Morgan fingerprint density at radius 1 is 1.50 bits per heavy atom. The van der Waals surface area contributed by atoms with E-state index in [1.165, 1.54) is 12.1 Å². The first-order valence-corrected chi connectivity index (χ1v) is 6.77. The fraction of sp³-hybridized carbons (Fsp3) is 0.467. The number of ether oxygens (including phenoxy) is 1. The number of hydrogen-bond donors (Lipinski definition) is 1. The number of nitriles is 1. The van der Waals surface area contributed by atoms with Gasteiger partial charge in [-0.3, -0.25) is 0 Å². The summed E-state index contributed by atoms with van der Waals surface area (Å²) >= 11 is 0. The number of carbonyl (C=O) groups is 1. The van der Waals surface area contributed by atoms with Crippen LogP contribution in [0, 0.1) is 17.1 Å². The third kappa shape index (κ3) is 3.72. The monoisotopic (exact) mass is 308 g/mol. The third-order valence-electron chi connectivity index (χ3n) is 2.95. The molecule has 1 unspecified atom stereocenters. The molecule has 1 aliphatic rings. The number of hydrogen-bond acceptors (Lipinski definition) is 5. The fourth-order valence-corrected chi connectivity index (χ4v) is 2.15. The zero-order chi connectivity index (χ0) is 16.5. The maximum Gasteiger partial charge on any atom is 0.435 e. The van der Waals surface area contributed by atoms with Crippen LogP contribution >= 0.6 is 0 Å². The summed E-state index contributed by atoms with van der Waals surface area (Å²) in [6.07, 6.45) is -1.92. The Bertz CT molecular complexity index is 621. The zero-order valence-electron chi connectivity index (χ0n) is 12.5. The van der Waals surface area contributed by atoms with Crippen molar-refractivity contribution in [1.82, 2.24) is 5.06 Å². The number of aliphatic hydroxyl groups excluding tert-OH is 1. The molecule has 2 atom stereocenters. The van der Waals surface area contributed by atoms with Gasteiger partial charge in [-0.1, -0.05) is 0 Å². The van der Waals surface area contributed by atoms with Crippen LogP contribution in [-0.4, -0.2) is 28.2 Å². The zero-order valence-corrected chi connectivity index (χ0v) is 12.5. The van der Waals surface area contributed by atoms with E-state index in [4.69, 9.17) is 14.8 Å². The van der Waals surface area contributed by atoms with Crippen LogP contribution in [0.5, 0.6) is 0 Å². The van der Waals surface area contributed by atoms with E-state index in [2.05, 4.69) is 0 Å². The quantitative estimate of drug-likeness (QED) is 0.862. The Balaban J connectivity index is 2.30. The lowest BCUT2D eigenvalue weighted by Crippen LogP contribution is -2.36. The minimum atomic E-state index is -1.20. The predicted octanol–water partition coefficient (Wildman–Crippen LogP) is 2.63. The Hall–Kier alpha value is -2.17. The van der Waals surface area contributed by atoms with Gasteiger partial charge in [-0.15, -0.1) is 0 Å². The number of halogens is 1. The van der Waals surface area contributed by atoms with E-state index in [0.717, 1.165) is 11.1 Å². The lowest BCUT2D eigenvalue weighted by atomic mass is 10.0. The molecule has 0 saturated carbocycles. The number of aliphatic hydroxyl groups is 1. The molecule has 1 amide bonds. The summed E-state index contributed by atoms with van der Waals surface area (Å²) in [6, 6.07) is 4.86. The van der Waals surface area contributed by atoms with E-state index < -0.39 is 29.8 Å². The van der Waals surface area contributed by atoms with Crippen molar-refractivity contribution < 1.29 is 23.9 Å². The normalized spacial score (nSPS) is 21.5. The van der Waals surface area contributed by atoms with Crippen LogP contribution in [0.4, 0.5) is 9.18 Å². The van der Waals surface area contributed by atoms with E-state index in [-0.39, 0.29) is 12.0 Å². The molecule has 1 N–H and O–H groups in total. The molecule has 1 heterocycles. The number of hydroxylamine groups is 2. The Kier molecular flexibility index (Phi) is 4.35. The van der Waals surface area contributed by atoms with Crippen molar-refractivity contribution in [3.05, 3.63) is 35.1 Å². The maximum atomic E-state index is 13.6. The molecule has 1 saturated heterocycles. The van der Waals surface area contributed by atoms with Gasteiger partial charge >= 0.3 is 6.09 Å². The minimum Gasteiger partial charge on any atom is -0.442 e. The molecule has 0 aromatic heterocycles. The van der Waals surface area contributed by atoms with Crippen LogP contribution in [0.15, 0.2) is 18.2 Å². The van der Waals surface area contributed by atoms with Crippen molar-refractivity contribution >= 4 is 6.09 Å². The minimum absolute atomic E-state index is 0.0631. The molecule has 1 aliphatic heterocycles. The summed E-state index contributed by atoms with van der Waals surface area (Å²) < 4.78 is 18.8. The lowest BCUT2D eigenvalue weighted by molar-refractivity contribution is -0.207. The van der Waals surface area contributed by atoms with Crippen molar-refractivity contribution in [2.24, 2.45) is 0 Å². The highest BCUT2D eigenvalue weighted by atomic mass is 19.1. The second kappa shape index (κ2) is 5.91. The second-order valence-corrected chi connectivity index (χ2v) is 6.00. The number of rotatable bonds is 1. The number of carbonyl (C=O) groups excluding carboxylic acids is 1. The summed E-state index contributed by atoms with van der Waals surface area (Å²) in [7, 11) is 0. The van der Waals surface area contributed by atoms with Gasteiger partial charge in [0.1, 0.15) is 11.4 Å². The molecular weight excluding hydrogens is 291 g/mol. The molecule has 22 heavy (non-hydrogen) atoms. The molecule has 7 heteroatoms. The van der Waals surface area contributed by atoms with Gasteiger partial charge in [-0.25, -0.2) is 14.0 Å². The van der Waals surface area contributed by atoms with E-state index in [9.17, 15) is 14.3 Å². The van der Waals surface area contributed by atoms with Gasteiger partial charge in [-0.2, -0.15) is 10.3 Å². The number of benzene rings is 1. The number of nitrogens with zero attached hydrogens (tertiary/aromatic N) is 2. The van der Waals surface area contributed by atoms with Gasteiger partial charge in [0.05, 0.1) is 17.7 Å². The van der Waals surface area contributed by atoms with Gasteiger partial charge in [0, 0.05) is 6.42 Å². The smallest absolute Gasteiger partial charge is 0.435 e. The van der Waals surface area contributed by atoms with E-state index in [0.29, 0.717) is 5.56 Å². The molecule has 2 rings (SSSR count). The molecule has 0 spiro atoms. The molecule has 6 nitrogen and oxygen atoms in total.